The van der Waals surface area contributed by atoms with E-state index >= 15 is 0 Å². The van der Waals surface area contributed by atoms with Gasteiger partial charge in [0.25, 0.3) is 0 Å². The summed E-state index contributed by atoms with van der Waals surface area (Å²) in [5.41, 5.74) is 0. The topological polar surface area (TPSA) is 101 Å². The first-order valence-electron chi connectivity index (χ1n) is 4.92. The smallest absolute Gasteiger partial charge is 0.327 e. The molecule has 2 N–H and O–H groups in total. The summed E-state index contributed by atoms with van der Waals surface area (Å²) in [6.07, 6.45) is 0.411. The van der Waals surface area contributed by atoms with Crippen molar-refractivity contribution in [2.24, 2.45) is 0 Å². The molecule has 0 fully saturated rings. The van der Waals surface area contributed by atoms with E-state index < -0.39 is 38.8 Å². The van der Waals surface area contributed by atoms with E-state index in [1.807, 2.05) is 0 Å². The molecule has 0 aliphatic heterocycles. The SMILES string of the molecule is CCC(C)S(=O)(=O)C[C@H](NC(C)=O)C(=O)O. The number of carboxylic acid groups (broad SMARTS) is 1. The van der Waals surface area contributed by atoms with Crippen molar-refractivity contribution in [1.29, 1.82) is 0 Å². The molecule has 1 amide bonds. The van der Waals surface area contributed by atoms with E-state index in [4.69, 9.17) is 5.11 Å². The van der Waals surface area contributed by atoms with Crippen molar-refractivity contribution in [1.82, 2.24) is 5.32 Å². The number of carboxylic acids is 1. The molecule has 0 saturated heterocycles. The van der Waals surface area contributed by atoms with Crippen molar-refractivity contribution in [3.63, 3.8) is 0 Å². The number of amides is 1. The molecule has 16 heavy (non-hydrogen) atoms. The largest absolute Gasteiger partial charge is 0.480 e. The van der Waals surface area contributed by atoms with Crippen LogP contribution in [0, 0.1) is 0 Å². The minimum Gasteiger partial charge on any atom is -0.480 e. The maximum atomic E-state index is 11.6. The summed E-state index contributed by atoms with van der Waals surface area (Å²) < 4.78 is 23.3. The number of nitrogens with one attached hydrogen (secondary N) is 1. The summed E-state index contributed by atoms with van der Waals surface area (Å²) >= 11 is 0. The number of sulfone groups is 1. The van der Waals surface area contributed by atoms with Crippen LogP contribution in [-0.2, 0) is 19.4 Å². The summed E-state index contributed by atoms with van der Waals surface area (Å²) in [7, 11) is -3.50. The molecule has 0 aliphatic carbocycles. The Labute approximate surface area is 95.0 Å². The Hall–Kier alpha value is -1.11. The molecule has 0 radical (unpaired) electrons. The highest BCUT2D eigenvalue weighted by Crippen LogP contribution is 2.07. The summed E-state index contributed by atoms with van der Waals surface area (Å²) in [5.74, 6) is -2.48. The first-order valence-corrected chi connectivity index (χ1v) is 6.63. The molecule has 0 aliphatic rings. The molecule has 0 aromatic heterocycles. The molecule has 1 unspecified atom stereocenters. The van der Waals surface area contributed by atoms with Crippen molar-refractivity contribution in [2.75, 3.05) is 5.75 Å². The molecule has 0 bridgehead atoms. The molecule has 2 atom stereocenters. The molecule has 0 heterocycles. The molecule has 0 aromatic rings. The molecule has 0 saturated carbocycles. The van der Waals surface area contributed by atoms with E-state index in [-0.39, 0.29) is 0 Å². The van der Waals surface area contributed by atoms with Gasteiger partial charge in [0.1, 0.15) is 6.04 Å². The highest BCUT2D eigenvalue weighted by atomic mass is 32.2. The lowest BCUT2D eigenvalue weighted by Crippen LogP contribution is -2.45. The maximum Gasteiger partial charge on any atom is 0.327 e. The number of rotatable bonds is 6. The van der Waals surface area contributed by atoms with Crippen LogP contribution in [-0.4, -0.2) is 42.4 Å². The Morgan fingerprint density at radius 1 is 1.38 bits per heavy atom. The van der Waals surface area contributed by atoms with Crippen LogP contribution in [0.1, 0.15) is 27.2 Å². The molecular formula is C9H17NO5S. The molecule has 0 aromatic carbocycles. The van der Waals surface area contributed by atoms with Crippen LogP contribution in [0.4, 0.5) is 0 Å². The predicted molar refractivity (Wildman–Crippen MR) is 58.8 cm³/mol. The van der Waals surface area contributed by atoms with E-state index in [1.54, 1.807) is 6.92 Å². The van der Waals surface area contributed by atoms with Crippen LogP contribution in [0.25, 0.3) is 0 Å². The minimum atomic E-state index is -3.50. The van der Waals surface area contributed by atoms with Crippen LogP contribution < -0.4 is 5.32 Å². The number of hydrogen-bond donors (Lipinski definition) is 2. The van der Waals surface area contributed by atoms with Gasteiger partial charge < -0.3 is 10.4 Å². The average molecular weight is 251 g/mol. The van der Waals surface area contributed by atoms with Crippen LogP contribution in [0.3, 0.4) is 0 Å². The Balaban J connectivity index is 4.76. The van der Waals surface area contributed by atoms with Gasteiger partial charge in [-0.2, -0.15) is 0 Å². The minimum absolute atomic E-state index is 0.411. The Morgan fingerprint density at radius 2 is 1.88 bits per heavy atom. The van der Waals surface area contributed by atoms with Crippen molar-refractivity contribution < 1.29 is 23.1 Å². The standard InChI is InChI=1S/C9H17NO5S/c1-4-6(2)16(14,15)5-8(9(12)13)10-7(3)11/h6,8H,4-5H2,1-3H3,(H,10,11)(H,12,13)/t6?,8-/m0/s1. The molecular weight excluding hydrogens is 234 g/mol. The second kappa shape index (κ2) is 5.83. The highest BCUT2D eigenvalue weighted by Gasteiger charge is 2.28. The third-order valence-corrected chi connectivity index (χ3v) is 4.62. The third-order valence-electron chi connectivity index (χ3n) is 2.26. The summed E-state index contributed by atoms with van der Waals surface area (Å²) in [4.78, 5) is 21.5. The van der Waals surface area contributed by atoms with E-state index in [0.29, 0.717) is 6.42 Å². The first kappa shape index (κ1) is 14.9. The zero-order chi connectivity index (χ0) is 12.9. The fourth-order valence-corrected chi connectivity index (χ4v) is 2.60. The second-order valence-corrected chi connectivity index (χ2v) is 6.10. The third kappa shape index (κ3) is 4.61. The Bertz CT molecular complexity index is 362. The molecule has 0 rings (SSSR count). The Kier molecular flexibility index (Phi) is 5.43. The maximum absolute atomic E-state index is 11.6. The summed E-state index contributed by atoms with van der Waals surface area (Å²) in [6, 6.07) is -1.38. The highest BCUT2D eigenvalue weighted by molar-refractivity contribution is 7.92. The van der Waals surface area contributed by atoms with Crippen molar-refractivity contribution in [2.45, 2.75) is 38.5 Å². The number of carbonyl (C=O) groups is 2. The summed E-state index contributed by atoms with van der Waals surface area (Å²) in [6.45, 7) is 4.37. The van der Waals surface area contributed by atoms with Crippen LogP contribution in [0.15, 0.2) is 0 Å². The van der Waals surface area contributed by atoms with Gasteiger partial charge in [-0.3, -0.25) is 4.79 Å². The lowest BCUT2D eigenvalue weighted by Gasteiger charge is -2.16. The summed E-state index contributed by atoms with van der Waals surface area (Å²) in [5, 5.41) is 10.2. The predicted octanol–water partition coefficient (Wildman–Crippen LogP) is -0.211. The average Bonchev–Trinajstić information content (AvgIpc) is 2.14. The Morgan fingerprint density at radius 3 is 2.19 bits per heavy atom. The zero-order valence-corrected chi connectivity index (χ0v) is 10.4. The second-order valence-electron chi connectivity index (χ2n) is 3.64. The van der Waals surface area contributed by atoms with Gasteiger partial charge in [-0.15, -0.1) is 0 Å². The zero-order valence-electron chi connectivity index (χ0n) is 9.56. The van der Waals surface area contributed by atoms with Gasteiger partial charge in [0.05, 0.1) is 11.0 Å². The fourth-order valence-electron chi connectivity index (χ4n) is 1.07. The normalized spacial score (nSPS) is 15.2. The lowest BCUT2D eigenvalue weighted by atomic mass is 10.3. The molecule has 7 heteroatoms. The lowest BCUT2D eigenvalue weighted by molar-refractivity contribution is -0.140. The van der Waals surface area contributed by atoms with E-state index in [9.17, 15) is 18.0 Å². The van der Waals surface area contributed by atoms with Gasteiger partial charge in [-0.1, -0.05) is 6.92 Å². The number of aliphatic carboxylic acids is 1. The van der Waals surface area contributed by atoms with Gasteiger partial charge >= 0.3 is 5.97 Å². The van der Waals surface area contributed by atoms with E-state index in [2.05, 4.69) is 5.32 Å². The van der Waals surface area contributed by atoms with Crippen LogP contribution in [0.5, 0.6) is 0 Å². The molecule has 0 spiro atoms. The van der Waals surface area contributed by atoms with Gasteiger partial charge in [0.2, 0.25) is 5.91 Å². The van der Waals surface area contributed by atoms with Gasteiger partial charge in [0.15, 0.2) is 9.84 Å². The van der Waals surface area contributed by atoms with E-state index in [1.165, 1.54) is 6.92 Å². The van der Waals surface area contributed by atoms with Crippen molar-refractivity contribution in [3.05, 3.63) is 0 Å². The first-order chi connectivity index (χ1) is 7.20. The number of carbonyl (C=O) groups excluding carboxylic acids is 1. The molecule has 94 valence electrons. The van der Waals surface area contributed by atoms with Gasteiger partial charge in [-0.05, 0) is 13.3 Å². The molecule has 6 nitrogen and oxygen atoms in total. The van der Waals surface area contributed by atoms with Gasteiger partial charge in [-0.25, -0.2) is 13.2 Å². The quantitative estimate of drug-likeness (QED) is 0.680. The van der Waals surface area contributed by atoms with E-state index in [0.717, 1.165) is 6.92 Å². The van der Waals surface area contributed by atoms with Crippen molar-refractivity contribution in [3.8, 4) is 0 Å². The van der Waals surface area contributed by atoms with Crippen LogP contribution in [0.2, 0.25) is 0 Å². The fraction of sp³-hybridized carbons (Fsp3) is 0.778. The monoisotopic (exact) mass is 251 g/mol. The van der Waals surface area contributed by atoms with Crippen molar-refractivity contribution >= 4 is 21.7 Å². The van der Waals surface area contributed by atoms with Gasteiger partial charge in [0, 0.05) is 6.92 Å². The number of hydrogen-bond acceptors (Lipinski definition) is 4. The van der Waals surface area contributed by atoms with Crippen LogP contribution >= 0.6 is 0 Å².